The molecule has 1 aliphatic rings. The Kier molecular flexibility index (Phi) is 4.87. The molecule has 0 unspecified atom stereocenters. The largest absolute Gasteiger partial charge is 0.494 e. The van der Waals surface area contributed by atoms with Crippen molar-refractivity contribution in [3.8, 4) is 16.9 Å². The summed E-state index contributed by atoms with van der Waals surface area (Å²) in [6.45, 7) is 0.521. The SMILES string of the molecule is COc1cc(CNC(=O)N2CCc3cc(-c4cn[nH]c4F)c(F)cc32)ccc1F. The van der Waals surface area contributed by atoms with E-state index >= 15 is 0 Å². The van der Waals surface area contributed by atoms with Gasteiger partial charge in [0.15, 0.2) is 11.6 Å². The van der Waals surface area contributed by atoms with Crippen LogP contribution >= 0.6 is 0 Å². The number of methoxy groups -OCH3 is 1. The molecule has 0 fully saturated rings. The zero-order chi connectivity index (χ0) is 20.5. The standard InChI is InChI=1S/C20H17F3N4O2/c1-29-18-6-11(2-3-15(18)21)9-24-20(28)27-5-4-12-7-13(16(22)8-17(12)27)14-10-25-26-19(14)23/h2-3,6-8,10H,4-5,9H2,1H3,(H,24,28)(H,25,26). The van der Waals surface area contributed by atoms with Gasteiger partial charge in [-0.3, -0.25) is 10.00 Å². The van der Waals surface area contributed by atoms with Crippen molar-refractivity contribution in [2.24, 2.45) is 0 Å². The van der Waals surface area contributed by atoms with Crippen LogP contribution < -0.4 is 15.0 Å². The number of hydrogen-bond donors (Lipinski definition) is 2. The number of fused-ring (bicyclic) bond motifs is 1. The molecule has 0 radical (unpaired) electrons. The van der Waals surface area contributed by atoms with Gasteiger partial charge >= 0.3 is 6.03 Å². The molecule has 0 spiro atoms. The van der Waals surface area contributed by atoms with Gasteiger partial charge < -0.3 is 10.1 Å². The molecular weight excluding hydrogens is 385 g/mol. The first kappa shape index (κ1) is 18.9. The Hall–Kier alpha value is -3.49. The predicted molar refractivity (Wildman–Crippen MR) is 100 cm³/mol. The van der Waals surface area contributed by atoms with Crippen LogP contribution in [0, 0.1) is 17.6 Å². The molecule has 2 N–H and O–H groups in total. The molecule has 4 rings (SSSR count). The van der Waals surface area contributed by atoms with Crippen molar-refractivity contribution in [2.45, 2.75) is 13.0 Å². The van der Waals surface area contributed by atoms with Crippen LogP contribution in [0.3, 0.4) is 0 Å². The van der Waals surface area contributed by atoms with Crippen molar-refractivity contribution in [2.75, 3.05) is 18.6 Å². The number of nitrogens with one attached hydrogen (secondary N) is 2. The van der Waals surface area contributed by atoms with Gasteiger partial charge in [0.25, 0.3) is 0 Å². The van der Waals surface area contributed by atoms with E-state index in [2.05, 4.69) is 15.5 Å². The molecule has 0 saturated heterocycles. The highest BCUT2D eigenvalue weighted by molar-refractivity contribution is 5.94. The third-order valence-electron chi connectivity index (χ3n) is 4.85. The van der Waals surface area contributed by atoms with Crippen LogP contribution in [0.25, 0.3) is 11.1 Å². The third kappa shape index (κ3) is 3.51. The molecule has 2 aromatic carbocycles. The minimum Gasteiger partial charge on any atom is -0.494 e. The maximum atomic E-state index is 14.6. The zero-order valence-corrected chi connectivity index (χ0v) is 15.4. The summed E-state index contributed by atoms with van der Waals surface area (Å²) in [5.74, 6) is -1.76. The zero-order valence-electron chi connectivity index (χ0n) is 15.4. The van der Waals surface area contributed by atoms with Crippen LogP contribution in [0.1, 0.15) is 11.1 Å². The number of halogens is 3. The van der Waals surface area contributed by atoms with Crippen LogP contribution in [-0.4, -0.2) is 29.9 Å². The van der Waals surface area contributed by atoms with Gasteiger partial charge in [-0.25, -0.2) is 13.6 Å². The first-order chi connectivity index (χ1) is 14.0. The van der Waals surface area contributed by atoms with E-state index in [1.165, 1.54) is 42.5 Å². The number of benzene rings is 2. The number of nitrogens with zero attached hydrogens (tertiary/aromatic N) is 2. The summed E-state index contributed by atoms with van der Waals surface area (Å²) in [5, 5.41) is 8.45. The average molecular weight is 402 g/mol. The number of anilines is 1. The summed E-state index contributed by atoms with van der Waals surface area (Å²) in [6, 6.07) is 6.66. The summed E-state index contributed by atoms with van der Waals surface area (Å²) in [6.07, 6.45) is 1.73. The first-order valence-corrected chi connectivity index (χ1v) is 8.87. The van der Waals surface area contributed by atoms with E-state index < -0.39 is 23.6 Å². The number of carbonyl (C=O) groups is 1. The summed E-state index contributed by atoms with van der Waals surface area (Å²) >= 11 is 0. The molecule has 0 aliphatic carbocycles. The Bertz CT molecular complexity index is 1080. The van der Waals surface area contributed by atoms with Gasteiger partial charge in [0, 0.05) is 18.7 Å². The molecule has 3 aromatic rings. The molecule has 0 saturated carbocycles. The van der Waals surface area contributed by atoms with E-state index in [1.54, 1.807) is 6.07 Å². The maximum Gasteiger partial charge on any atom is 0.322 e. The second-order valence-corrected chi connectivity index (χ2v) is 6.59. The average Bonchev–Trinajstić information content (AvgIpc) is 3.32. The summed E-state index contributed by atoms with van der Waals surface area (Å²) < 4.78 is 46.7. The normalized spacial score (nSPS) is 12.8. The Labute approximate surface area is 164 Å². The van der Waals surface area contributed by atoms with Crippen LogP contribution in [0.5, 0.6) is 5.75 Å². The maximum absolute atomic E-state index is 14.6. The van der Waals surface area contributed by atoms with E-state index in [-0.39, 0.29) is 23.4 Å². The number of ether oxygens (including phenoxy) is 1. The van der Waals surface area contributed by atoms with Crippen molar-refractivity contribution >= 4 is 11.7 Å². The molecule has 150 valence electrons. The van der Waals surface area contributed by atoms with Gasteiger partial charge in [0.2, 0.25) is 5.95 Å². The summed E-state index contributed by atoms with van der Waals surface area (Å²) in [7, 11) is 1.36. The molecule has 9 heteroatoms. The second kappa shape index (κ2) is 7.50. The number of rotatable bonds is 4. The first-order valence-electron chi connectivity index (χ1n) is 8.87. The van der Waals surface area contributed by atoms with Gasteiger partial charge in [0.05, 0.1) is 24.6 Å². The molecular formula is C20H17F3N4O2. The second-order valence-electron chi connectivity index (χ2n) is 6.59. The van der Waals surface area contributed by atoms with Gasteiger partial charge in [-0.15, -0.1) is 0 Å². The lowest BCUT2D eigenvalue weighted by Gasteiger charge is -2.19. The minimum atomic E-state index is -0.717. The van der Waals surface area contributed by atoms with E-state index in [1.807, 2.05) is 0 Å². The molecule has 0 bridgehead atoms. The van der Waals surface area contributed by atoms with Crippen LogP contribution in [0.4, 0.5) is 23.7 Å². The van der Waals surface area contributed by atoms with E-state index in [0.717, 1.165) is 5.56 Å². The fourth-order valence-corrected chi connectivity index (χ4v) is 3.37. The van der Waals surface area contributed by atoms with Crippen molar-refractivity contribution in [1.29, 1.82) is 0 Å². The van der Waals surface area contributed by atoms with Crippen LogP contribution in [0.2, 0.25) is 0 Å². The van der Waals surface area contributed by atoms with E-state index in [4.69, 9.17) is 4.74 Å². The highest BCUT2D eigenvalue weighted by atomic mass is 19.1. The van der Waals surface area contributed by atoms with Gasteiger partial charge in [0.1, 0.15) is 5.82 Å². The minimum absolute atomic E-state index is 0.0402. The Morgan fingerprint density at radius 1 is 1.21 bits per heavy atom. The molecule has 1 aromatic heterocycles. The molecule has 2 amide bonds. The third-order valence-corrected chi connectivity index (χ3v) is 4.85. The lowest BCUT2D eigenvalue weighted by molar-refractivity contribution is 0.246. The molecule has 0 atom stereocenters. The molecule has 2 heterocycles. The number of H-pyrrole nitrogens is 1. The van der Waals surface area contributed by atoms with Crippen molar-refractivity contribution < 1.29 is 22.7 Å². The van der Waals surface area contributed by atoms with Crippen LogP contribution in [-0.2, 0) is 13.0 Å². The summed E-state index contributed by atoms with van der Waals surface area (Å²) in [4.78, 5) is 14.0. The fourth-order valence-electron chi connectivity index (χ4n) is 3.37. The molecule has 1 aliphatic heterocycles. The van der Waals surface area contributed by atoms with Crippen molar-refractivity contribution in [3.63, 3.8) is 0 Å². The smallest absolute Gasteiger partial charge is 0.322 e. The number of amides is 2. The number of carbonyl (C=O) groups excluding carboxylic acids is 1. The van der Waals surface area contributed by atoms with Crippen LogP contribution in [0.15, 0.2) is 36.5 Å². The number of hydrogen-bond acceptors (Lipinski definition) is 3. The molecule has 29 heavy (non-hydrogen) atoms. The quantitative estimate of drug-likeness (QED) is 0.698. The van der Waals surface area contributed by atoms with Gasteiger partial charge in [-0.05, 0) is 41.8 Å². The van der Waals surface area contributed by atoms with E-state index in [0.29, 0.717) is 24.2 Å². The van der Waals surface area contributed by atoms with Gasteiger partial charge in [-0.1, -0.05) is 6.07 Å². The van der Waals surface area contributed by atoms with Crippen molar-refractivity contribution in [1.82, 2.24) is 15.5 Å². The Morgan fingerprint density at radius 2 is 2.03 bits per heavy atom. The monoisotopic (exact) mass is 402 g/mol. The highest BCUT2D eigenvalue weighted by Gasteiger charge is 2.27. The van der Waals surface area contributed by atoms with Crippen molar-refractivity contribution in [3.05, 3.63) is 65.2 Å². The number of aromatic nitrogens is 2. The summed E-state index contributed by atoms with van der Waals surface area (Å²) in [5.41, 5.74) is 1.96. The van der Waals surface area contributed by atoms with Gasteiger partial charge in [-0.2, -0.15) is 9.49 Å². The highest BCUT2D eigenvalue weighted by Crippen LogP contribution is 2.35. The molecule has 6 nitrogen and oxygen atoms in total. The van der Waals surface area contributed by atoms with E-state index in [9.17, 15) is 18.0 Å². The Morgan fingerprint density at radius 3 is 2.76 bits per heavy atom. The number of aromatic amines is 1. The lowest BCUT2D eigenvalue weighted by atomic mass is 10.0. The predicted octanol–water partition coefficient (Wildman–Crippen LogP) is 3.77. The number of urea groups is 1. The lowest BCUT2D eigenvalue weighted by Crippen LogP contribution is -2.38. The fraction of sp³-hybridized carbons (Fsp3) is 0.200. The topological polar surface area (TPSA) is 70.2 Å². The Balaban J connectivity index is 1.51.